The summed E-state index contributed by atoms with van der Waals surface area (Å²) in [7, 11) is 0. The third-order valence-electron chi connectivity index (χ3n) is 5.33. The number of nitrogens with zero attached hydrogens (tertiary/aromatic N) is 2. The van der Waals surface area contributed by atoms with Gasteiger partial charge in [-0.1, -0.05) is 25.5 Å². The van der Waals surface area contributed by atoms with Crippen molar-refractivity contribution in [3.05, 3.63) is 35.4 Å². The molecule has 1 saturated heterocycles. The van der Waals surface area contributed by atoms with Gasteiger partial charge in [0.15, 0.2) is 0 Å². The van der Waals surface area contributed by atoms with E-state index in [1.54, 1.807) is 29.2 Å². The zero-order valence-electron chi connectivity index (χ0n) is 14.5. The molecule has 1 fully saturated rings. The van der Waals surface area contributed by atoms with E-state index in [-0.39, 0.29) is 37.3 Å². The van der Waals surface area contributed by atoms with Crippen LogP contribution in [0.2, 0.25) is 0 Å². The van der Waals surface area contributed by atoms with Crippen LogP contribution < -0.4 is 0 Å². The molecule has 25 heavy (non-hydrogen) atoms. The van der Waals surface area contributed by atoms with E-state index in [1.807, 2.05) is 6.92 Å². The summed E-state index contributed by atoms with van der Waals surface area (Å²) in [6.07, 6.45) is 3.43. The van der Waals surface area contributed by atoms with Crippen molar-refractivity contribution in [2.45, 2.75) is 44.6 Å². The third kappa shape index (κ3) is 2.95. The van der Waals surface area contributed by atoms with Crippen molar-refractivity contribution in [1.29, 1.82) is 0 Å². The predicted molar refractivity (Wildman–Crippen MR) is 92.1 cm³/mol. The van der Waals surface area contributed by atoms with Crippen LogP contribution in [-0.2, 0) is 4.79 Å². The summed E-state index contributed by atoms with van der Waals surface area (Å²) in [6, 6.07) is 6.72. The number of carbonyl (C=O) groups is 3. The van der Waals surface area contributed by atoms with Gasteiger partial charge in [0.1, 0.15) is 0 Å². The Morgan fingerprint density at radius 1 is 1.20 bits per heavy atom. The maximum atomic E-state index is 12.7. The van der Waals surface area contributed by atoms with Gasteiger partial charge in [-0.2, -0.15) is 0 Å². The molecule has 3 amide bonds. The SMILES string of the molecule is CCC[C@]1(CO)CCCN1C(=O)CCN1C(=O)c2ccccc2C1=O. The summed E-state index contributed by atoms with van der Waals surface area (Å²) in [4.78, 5) is 40.3. The van der Waals surface area contributed by atoms with E-state index in [0.29, 0.717) is 17.7 Å². The first kappa shape index (κ1) is 17.6. The Labute approximate surface area is 147 Å². The lowest BCUT2D eigenvalue weighted by molar-refractivity contribution is -0.137. The van der Waals surface area contributed by atoms with Gasteiger partial charge in [0.05, 0.1) is 23.3 Å². The van der Waals surface area contributed by atoms with E-state index in [2.05, 4.69) is 0 Å². The number of benzene rings is 1. The Morgan fingerprint density at radius 3 is 2.40 bits per heavy atom. The highest BCUT2D eigenvalue weighted by Gasteiger charge is 2.42. The van der Waals surface area contributed by atoms with E-state index in [1.165, 1.54) is 0 Å². The fraction of sp³-hybridized carbons (Fsp3) is 0.526. The normalized spacial score (nSPS) is 22.6. The molecule has 1 aromatic carbocycles. The second-order valence-electron chi connectivity index (χ2n) is 6.84. The number of hydrogen-bond donors (Lipinski definition) is 1. The maximum Gasteiger partial charge on any atom is 0.261 e. The van der Waals surface area contributed by atoms with Crippen molar-refractivity contribution in [3.63, 3.8) is 0 Å². The molecule has 2 aliphatic heterocycles. The molecule has 0 aromatic heterocycles. The van der Waals surface area contributed by atoms with Crippen LogP contribution in [0.1, 0.15) is 59.7 Å². The molecular formula is C19H24N2O4. The van der Waals surface area contributed by atoms with Crippen LogP contribution in [0.3, 0.4) is 0 Å². The Balaban J connectivity index is 1.67. The molecule has 0 bridgehead atoms. The lowest BCUT2D eigenvalue weighted by atomic mass is 9.91. The smallest absolute Gasteiger partial charge is 0.261 e. The highest BCUT2D eigenvalue weighted by molar-refractivity contribution is 6.21. The largest absolute Gasteiger partial charge is 0.394 e. The van der Waals surface area contributed by atoms with Crippen LogP contribution in [0.15, 0.2) is 24.3 Å². The highest BCUT2D eigenvalue weighted by Crippen LogP contribution is 2.34. The van der Waals surface area contributed by atoms with Crippen molar-refractivity contribution in [1.82, 2.24) is 9.80 Å². The number of amides is 3. The zero-order chi connectivity index (χ0) is 18.0. The summed E-state index contributed by atoms with van der Waals surface area (Å²) >= 11 is 0. The summed E-state index contributed by atoms with van der Waals surface area (Å²) in [5, 5.41) is 9.84. The molecular weight excluding hydrogens is 320 g/mol. The standard InChI is InChI=1S/C19H24N2O4/c1-2-9-19(13-22)10-5-11-21(19)16(23)8-12-20-17(24)14-6-3-4-7-15(14)18(20)25/h3-4,6-7,22H,2,5,8-13H2,1H3/t19-/m1/s1. The highest BCUT2D eigenvalue weighted by atomic mass is 16.3. The fourth-order valence-electron chi connectivity index (χ4n) is 4.08. The minimum Gasteiger partial charge on any atom is -0.394 e. The first-order valence-electron chi connectivity index (χ1n) is 8.90. The number of aliphatic hydroxyl groups excluding tert-OH is 1. The molecule has 1 N–H and O–H groups in total. The van der Waals surface area contributed by atoms with Gasteiger partial charge < -0.3 is 10.0 Å². The van der Waals surface area contributed by atoms with Crippen LogP contribution >= 0.6 is 0 Å². The maximum absolute atomic E-state index is 12.7. The molecule has 2 aliphatic rings. The molecule has 0 saturated carbocycles. The second kappa shape index (κ2) is 6.96. The van der Waals surface area contributed by atoms with Crippen molar-refractivity contribution in [3.8, 4) is 0 Å². The van der Waals surface area contributed by atoms with Crippen LogP contribution in [-0.4, -0.2) is 57.9 Å². The van der Waals surface area contributed by atoms with Crippen LogP contribution in [0, 0.1) is 0 Å². The van der Waals surface area contributed by atoms with Crippen LogP contribution in [0.4, 0.5) is 0 Å². The number of carbonyl (C=O) groups excluding carboxylic acids is 3. The van der Waals surface area contributed by atoms with E-state index >= 15 is 0 Å². The first-order valence-corrected chi connectivity index (χ1v) is 8.90. The summed E-state index contributed by atoms with van der Waals surface area (Å²) in [5.41, 5.74) is 0.321. The predicted octanol–water partition coefficient (Wildman–Crippen LogP) is 1.83. The molecule has 0 unspecified atom stereocenters. The van der Waals surface area contributed by atoms with Crippen LogP contribution in [0.25, 0.3) is 0 Å². The average Bonchev–Trinajstić information content (AvgIpc) is 3.15. The van der Waals surface area contributed by atoms with Gasteiger partial charge in [0.2, 0.25) is 5.91 Å². The number of rotatable bonds is 6. The third-order valence-corrected chi connectivity index (χ3v) is 5.33. The molecule has 6 nitrogen and oxygen atoms in total. The summed E-state index contributed by atoms with van der Waals surface area (Å²) in [6.45, 7) is 2.70. The minimum absolute atomic E-state index is 0.0421. The molecule has 134 valence electrons. The second-order valence-corrected chi connectivity index (χ2v) is 6.84. The molecule has 0 aliphatic carbocycles. The molecule has 6 heteroatoms. The van der Waals surface area contributed by atoms with Gasteiger partial charge >= 0.3 is 0 Å². The van der Waals surface area contributed by atoms with Gasteiger partial charge in [-0.3, -0.25) is 19.3 Å². The lowest BCUT2D eigenvalue weighted by Gasteiger charge is -2.37. The summed E-state index contributed by atoms with van der Waals surface area (Å²) in [5.74, 6) is -0.773. The zero-order valence-corrected chi connectivity index (χ0v) is 14.5. The lowest BCUT2D eigenvalue weighted by Crippen LogP contribution is -2.50. The molecule has 1 aromatic rings. The van der Waals surface area contributed by atoms with E-state index in [4.69, 9.17) is 0 Å². The Morgan fingerprint density at radius 2 is 1.84 bits per heavy atom. The molecule has 1 atom stereocenters. The van der Waals surface area contributed by atoms with Gasteiger partial charge in [0, 0.05) is 19.5 Å². The molecule has 2 heterocycles. The topological polar surface area (TPSA) is 77.9 Å². The van der Waals surface area contributed by atoms with Gasteiger partial charge in [-0.25, -0.2) is 0 Å². The van der Waals surface area contributed by atoms with Crippen molar-refractivity contribution in [2.75, 3.05) is 19.7 Å². The van der Waals surface area contributed by atoms with Gasteiger partial charge in [-0.05, 0) is 31.4 Å². The number of likely N-dealkylation sites (tertiary alicyclic amines) is 1. The van der Waals surface area contributed by atoms with Crippen molar-refractivity contribution >= 4 is 17.7 Å². The van der Waals surface area contributed by atoms with E-state index in [9.17, 15) is 19.5 Å². The monoisotopic (exact) mass is 344 g/mol. The summed E-state index contributed by atoms with van der Waals surface area (Å²) < 4.78 is 0. The Kier molecular flexibility index (Phi) is 4.90. The number of imide groups is 1. The van der Waals surface area contributed by atoms with Crippen molar-refractivity contribution < 1.29 is 19.5 Å². The average molecular weight is 344 g/mol. The quantitative estimate of drug-likeness (QED) is 0.799. The Hall–Kier alpha value is -2.21. The molecule has 0 spiro atoms. The minimum atomic E-state index is -0.478. The van der Waals surface area contributed by atoms with Gasteiger partial charge in [0.25, 0.3) is 11.8 Å². The van der Waals surface area contributed by atoms with Crippen molar-refractivity contribution in [2.24, 2.45) is 0 Å². The van der Waals surface area contributed by atoms with Gasteiger partial charge in [-0.15, -0.1) is 0 Å². The molecule has 3 rings (SSSR count). The Bertz CT molecular complexity index is 667. The van der Waals surface area contributed by atoms with E-state index < -0.39 is 5.54 Å². The fourth-order valence-corrected chi connectivity index (χ4v) is 4.08. The number of aliphatic hydroxyl groups is 1. The number of hydrogen-bond acceptors (Lipinski definition) is 4. The molecule has 0 radical (unpaired) electrons. The number of fused-ring (bicyclic) bond motifs is 1. The first-order chi connectivity index (χ1) is 12.0. The van der Waals surface area contributed by atoms with E-state index in [0.717, 1.165) is 30.6 Å². The van der Waals surface area contributed by atoms with Crippen LogP contribution in [0.5, 0.6) is 0 Å².